The van der Waals surface area contributed by atoms with E-state index in [-0.39, 0.29) is 31.5 Å². The maximum Gasteiger partial charge on any atom is 0.302 e. The van der Waals surface area contributed by atoms with Crippen LogP contribution in [-0.4, -0.2) is 98.2 Å². The van der Waals surface area contributed by atoms with Crippen molar-refractivity contribution in [3.8, 4) is 27.3 Å². The van der Waals surface area contributed by atoms with Crippen molar-refractivity contribution in [3.05, 3.63) is 111 Å². The summed E-state index contributed by atoms with van der Waals surface area (Å²) in [5, 5.41) is 18.3. The third kappa shape index (κ3) is 12.4. The SMILES string of the molecule is CC(=O)O[C@@H]1C[C@@H](C(=O)N[C@@H](C)c2ccc(-c3scnc3C)cc2)N(C(=O)[C@@H](NC(=O)COCCCCCN(c2ccc(-n3ccnn3)c(Br)c2)c2cc(-c3c(C)noc3C)ccc2C)C(C)(C)C)C1. The molecule has 0 radical (unpaired) electrons. The Labute approximate surface area is 421 Å². The summed E-state index contributed by atoms with van der Waals surface area (Å²) >= 11 is 5.34. The van der Waals surface area contributed by atoms with Crippen molar-refractivity contribution in [2.24, 2.45) is 5.41 Å². The number of amides is 3. The molecule has 0 saturated carbocycles. The van der Waals surface area contributed by atoms with Crippen LogP contribution in [0, 0.1) is 33.1 Å². The zero-order chi connectivity index (χ0) is 50.3. The largest absolute Gasteiger partial charge is 0.461 e. The number of benzene rings is 3. The van der Waals surface area contributed by atoms with E-state index in [4.69, 9.17) is 14.0 Å². The smallest absolute Gasteiger partial charge is 0.302 e. The van der Waals surface area contributed by atoms with Gasteiger partial charge in [0.2, 0.25) is 17.7 Å². The van der Waals surface area contributed by atoms with Gasteiger partial charge in [-0.15, -0.1) is 16.4 Å². The highest BCUT2D eigenvalue weighted by molar-refractivity contribution is 9.10. The minimum absolute atomic E-state index is 0.0158. The van der Waals surface area contributed by atoms with Crippen LogP contribution in [0.4, 0.5) is 11.4 Å². The summed E-state index contributed by atoms with van der Waals surface area (Å²) in [5.41, 5.74) is 10.8. The fourth-order valence-corrected chi connectivity index (χ4v) is 10.2. The van der Waals surface area contributed by atoms with Crippen LogP contribution in [0.2, 0.25) is 0 Å². The van der Waals surface area contributed by atoms with Crippen LogP contribution in [0.3, 0.4) is 0 Å². The van der Waals surface area contributed by atoms with E-state index in [0.29, 0.717) is 19.6 Å². The van der Waals surface area contributed by atoms with Crippen molar-refractivity contribution in [1.82, 2.24) is 40.7 Å². The molecule has 70 heavy (non-hydrogen) atoms. The van der Waals surface area contributed by atoms with E-state index in [1.807, 2.05) is 84.3 Å². The van der Waals surface area contributed by atoms with E-state index in [0.717, 1.165) is 84.2 Å². The number of halogens is 1. The topological polar surface area (TPSA) is 187 Å². The Bertz CT molecular complexity index is 2770. The highest BCUT2D eigenvalue weighted by Gasteiger charge is 2.46. The molecule has 0 bridgehead atoms. The Morgan fingerprint density at radius 3 is 2.36 bits per heavy atom. The second-order valence-electron chi connectivity index (χ2n) is 18.9. The van der Waals surface area contributed by atoms with E-state index in [1.54, 1.807) is 28.4 Å². The molecule has 1 fully saturated rings. The lowest BCUT2D eigenvalue weighted by molar-refractivity contribution is -0.147. The Balaban J connectivity index is 0.954. The Morgan fingerprint density at radius 1 is 0.957 bits per heavy atom. The lowest BCUT2D eigenvalue weighted by atomic mass is 9.85. The molecule has 4 heterocycles. The van der Waals surface area contributed by atoms with Crippen molar-refractivity contribution in [3.63, 3.8) is 0 Å². The van der Waals surface area contributed by atoms with Crippen LogP contribution < -0.4 is 15.5 Å². The number of carbonyl (C=O) groups excluding carboxylic acids is 4. The normalized spacial score (nSPS) is 15.7. The highest BCUT2D eigenvalue weighted by Crippen LogP contribution is 2.37. The first-order valence-corrected chi connectivity index (χ1v) is 25.2. The van der Waals surface area contributed by atoms with Crippen molar-refractivity contribution in [2.45, 2.75) is 112 Å². The van der Waals surface area contributed by atoms with Gasteiger partial charge in [-0.05, 0) is 122 Å². The number of thiazole rings is 1. The summed E-state index contributed by atoms with van der Waals surface area (Å²) < 4.78 is 19.5. The van der Waals surface area contributed by atoms with E-state index in [2.05, 4.69) is 89.2 Å². The molecule has 6 aromatic rings. The molecule has 18 heteroatoms. The van der Waals surface area contributed by atoms with Gasteiger partial charge in [-0.2, -0.15) is 0 Å². The number of carbonyl (C=O) groups is 4. The van der Waals surface area contributed by atoms with Crippen LogP contribution in [0.1, 0.15) is 94.6 Å². The number of rotatable bonds is 19. The van der Waals surface area contributed by atoms with Gasteiger partial charge in [-0.3, -0.25) is 19.2 Å². The van der Waals surface area contributed by atoms with Gasteiger partial charge in [-0.25, -0.2) is 9.67 Å². The first-order valence-electron chi connectivity index (χ1n) is 23.5. The highest BCUT2D eigenvalue weighted by atomic mass is 79.9. The van der Waals surface area contributed by atoms with Crippen LogP contribution in [-0.2, 0) is 28.7 Å². The van der Waals surface area contributed by atoms with E-state index in [1.165, 1.54) is 11.8 Å². The van der Waals surface area contributed by atoms with Crippen LogP contribution in [0.25, 0.3) is 27.3 Å². The lowest BCUT2D eigenvalue weighted by Crippen LogP contribution is -2.58. The number of esters is 1. The number of aromatic nitrogens is 5. The van der Waals surface area contributed by atoms with Gasteiger partial charge >= 0.3 is 5.97 Å². The first-order chi connectivity index (χ1) is 33.4. The molecule has 4 atom stereocenters. The summed E-state index contributed by atoms with van der Waals surface area (Å²) in [6, 6.07) is 18.2. The van der Waals surface area contributed by atoms with Gasteiger partial charge < -0.3 is 34.4 Å². The lowest BCUT2D eigenvalue weighted by Gasteiger charge is -2.35. The van der Waals surface area contributed by atoms with Gasteiger partial charge in [0, 0.05) is 47.9 Å². The number of nitrogens with one attached hydrogen (secondary N) is 2. The van der Waals surface area contributed by atoms with E-state index >= 15 is 0 Å². The Hall–Kier alpha value is -6.24. The van der Waals surface area contributed by atoms with Crippen LogP contribution in [0.15, 0.2) is 87.6 Å². The molecule has 3 aromatic carbocycles. The van der Waals surface area contributed by atoms with Crippen molar-refractivity contribution in [1.29, 1.82) is 0 Å². The Morgan fingerprint density at radius 2 is 1.71 bits per heavy atom. The molecule has 3 aromatic heterocycles. The molecule has 1 aliphatic heterocycles. The Kier molecular flexibility index (Phi) is 16.7. The molecule has 0 aliphatic carbocycles. The molecule has 370 valence electrons. The molecular weight excluding hydrogens is 975 g/mol. The molecule has 1 saturated heterocycles. The van der Waals surface area contributed by atoms with Crippen molar-refractivity contribution in [2.75, 3.05) is 31.2 Å². The van der Waals surface area contributed by atoms with Crippen molar-refractivity contribution < 1.29 is 33.2 Å². The number of unbranched alkanes of at least 4 members (excludes halogenated alkanes) is 2. The quantitative estimate of drug-likeness (QED) is 0.0579. The summed E-state index contributed by atoms with van der Waals surface area (Å²) in [6.45, 7) is 17.5. The standard InChI is InChI=1S/C52H62BrN9O7S/c1-31-13-14-39(47-33(3)58-69-35(47)5)25-44(31)60(40-19-20-43(42(53)26-40)62-23-21-55-59-62)22-11-10-12-24-67-29-46(64)57-49(52(7,8)9)51(66)61-28-41(68-36(6)63)27-45(61)50(65)56-32(2)37-15-17-38(18-16-37)48-34(4)54-30-70-48/h13-21,23,25-26,30,32,41,45,49H,10-12,22,24,27-29H2,1-9H3,(H,56,65)(H,57,64)/t32-,41+,45-,49+/m0/s1. The number of nitrogens with zero attached hydrogens (tertiary/aromatic N) is 7. The number of likely N-dealkylation sites (tertiary alicyclic amines) is 1. The zero-order valence-corrected chi connectivity index (χ0v) is 43.6. The van der Waals surface area contributed by atoms with Gasteiger partial charge in [-0.1, -0.05) is 67.5 Å². The molecule has 7 rings (SSSR count). The van der Waals surface area contributed by atoms with Gasteiger partial charge in [0.05, 0.1) is 52.4 Å². The summed E-state index contributed by atoms with van der Waals surface area (Å²) in [4.78, 5) is 63.1. The minimum atomic E-state index is -0.994. The summed E-state index contributed by atoms with van der Waals surface area (Å²) in [6.07, 6.45) is 5.23. The van der Waals surface area contributed by atoms with Gasteiger partial charge in [0.1, 0.15) is 30.6 Å². The molecule has 3 amide bonds. The minimum Gasteiger partial charge on any atom is -0.461 e. The second-order valence-corrected chi connectivity index (χ2v) is 20.6. The number of ether oxygens (including phenoxy) is 2. The van der Waals surface area contributed by atoms with Gasteiger partial charge in [0.25, 0.3) is 0 Å². The fourth-order valence-electron chi connectivity index (χ4n) is 8.86. The maximum absolute atomic E-state index is 14.5. The van der Waals surface area contributed by atoms with Crippen LogP contribution in [0.5, 0.6) is 0 Å². The molecule has 0 spiro atoms. The zero-order valence-electron chi connectivity index (χ0n) is 41.2. The number of hydrogen-bond donors (Lipinski definition) is 2. The number of aryl methyl sites for hydroxylation is 4. The van der Waals surface area contributed by atoms with E-state index < -0.39 is 41.4 Å². The predicted molar refractivity (Wildman–Crippen MR) is 273 cm³/mol. The summed E-state index contributed by atoms with van der Waals surface area (Å²) in [5.74, 6) is -1.01. The third-order valence-electron chi connectivity index (χ3n) is 12.5. The fraction of sp³-hybridized carbons (Fsp3) is 0.423. The molecule has 0 unspecified atom stereocenters. The maximum atomic E-state index is 14.5. The summed E-state index contributed by atoms with van der Waals surface area (Å²) in [7, 11) is 0. The first kappa shape index (κ1) is 51.6. The van der Waals surface area contributed by atoms with Gasteiger partial charge in [0.15, 0.2) is 0 Å². The average molecular weight is 1040 g/mol. The predicted octanol–water partition coefficient (Wildman–Crippen LogP) is 9.31. The van der Waals surface area contributed by atoms with Crippen LogP contribution >= 0.6 is 27.3 Å². The molecular formula is C52H62BrN9O7S. The monoisotopic (exact) mass is 1040 g/mol. The number of hydrogen-bond acceptors (Lipinski definition) is 13. The molecule has 2 N–H and O–H groups in total. The average Bonchev–Trinajstić information content (AvgIpc) is 4.15. The second kappa shape index (κ2) is 22.7. The number of anilines is 2. The molecule has 16 nitrogen and oxygen atoms in total. The third-order valence-corrected chi connectivity index (χ3v) is 14.1. The van der Waals surface area contributed by atoms with E-state index in [9.17, 15) is 19.2 Å². The molecule has 1 aliphatic rings. The van der Waals surface area contributed by atoms with Crippen molar-refractivity contribution >= 4 is 62.3 Å².